The Bertz CT molecular complexity index is 482. The lowest BCUT2D eigenvalue weighted by Crippen LogP contribution is -2.10. The second-order valence-corrected chi connectivity index (χ2v) is 2.53. The lowest BCUT2D eigenvalue weighted by Gasteiger charge is -1.91. The van der Waals surface area contributed by atoms with Crippen molar-refractivity contribution in [3.63, 3.8) is 0 Å². The van der Waals surface area contributed by atoms with E-state index in [-0.39, 0.29) is 5.56 Å². The van der Waals surface area contributed by atoms with E-state index in [1.165, 1.54) is 0 Å². The first kappa shape index (κ1) is 6.96. The number of H-pyrrole nitrogens is 1. The molecule has 6 heteroatoms. The average Bonchev–Trinajstić information content (AvgIpc) is 2.32. The summed E-state index contributed by atoms with van der Waals surface area (Å²) >= 11 is 0. The molecule has 0 aromatic carbocycles. The van der Waals surface area contributed by atoms with Crippen molar-refractivity contribution in [2.24, 2.45) is 7.05 Å². The zero-order valence-corrected chi connectivity index (χ0v) is 6.70. The Morgan fingerprint density at radius 1 is 1.50 bits per heavy atom. The number of rotatable bonds is 0. The van der Waals surface area contributed by atoms with Gasteiger partial charge in [-0.25, -0.2) is 10.1 Å². The Labute approximate surface area is 67.2 Å². The van der Waals surface area contributed by atoms with Gasteiger partial charge in [-0.2, -0.15) is 0 Å². The quantitative estimate of drug-likeness (QED) is 0.563. The molecule has 0 amide bonds. The van der Waals surface area contributed by atoms with E-state index in [0.717, 1.165) is 5.82 Å². The molecule has 0 saturated heterocycles. The summed E-state index contributed by atoms with van der Waals surface area (Å²) in [5, 5.41) is 9.42. The zero-order chi connectivity index (χ0) is 8.72. The molecular weight excluding hydrogens is 158 g/mol. The largest absolute Gasteiger partial charge is 0.314 e. The maximum atomic E-state index is 11.1. The van der Waals surface area contributed by atoms with Crippen LogP contribution in [0.3, 0.4) is 0 Å². The van der Waals surface area contributed by atoms with Crippen LogP contribution in [0.25, 0.3) is 11.2 Å². The fourth-order valence-corrected chi connectivity index (χ4v) is 1.04. The Morgan fingerprint density at radius 3 is 2.92 bits per heavy atom. The van der Waals surface area contributed by atoms with Gasteiger partial charge in [0.05, 0.1) is 0 Å². The Kier molecular flexibility index (Phi) is 1.24. The SMILES string of the molecule is Cc1nc2c(=O)[nH]nnc2n1C. The van der Waals surface area contributed by atoms with Crippen LogP contribution in [-0.2, 0) is 7.05 Å². The van der Waals surface area contributed by atoms with Crippen LogP contribution in [0.4, 0.5) is 0 Å². The molecule has 0 aliphatic carbocycles. The number of fused-ring (bicyclic) bond motifs is 1. The van der Waals surface area contributed by atoms with Crippen molar-refractivity contribution >= 4 is 11.2 Å². The van der Waals surface area contributed by atoms with Crippen molar-refractivity contribution in [3.8, 4) is 0 Å². The lowest BCUT2D eigenvalue weighted by atomic mass is 10.6. The minimum atomic E-state index is -0.302. The Balaban J connectivity index is 3.05. The molecule has 6 nitrogen and oxygen atoms in total. The number of nitrogens with one attached hydrogen (secondary N) is 1. The highest BCUT2D eigenvalue weighted by molar-refractivity contribution is 5.68. The second kappa shape index (κ2) is 2.13. The van der Waals surface area contributed by atoms with Crippen LogP contribution < -0.4 is 5.56 Å². The first-order chi connectivity index (χ1) is 5.70. The number of hydrogen-bond donors (Lipinski definition) is 1. The minimum Gasteiger partial charge on any atom is -0.314 e. The van der Waals surface area contributed by atoms with E-state index in [1.807, 2.05) is 0 Å². The van der Waals surface area contributed by atoms with Crippen molar-refractivity contribution < 1.29 is 0 Å². The molecule has 12 heavy (non-hydrogen) atoms. The normalized spacial score (nSPS) is 10.8. The lowest BCUT2D eigenvalue weighted by molar-refractivity contribution is 0.821. The number of aromatic amines is 1. The van der Waals surface area contributed by atoms with Crippen molar-refractivity contribution in [2.45, 2.75) is 6.92 Å². The van der Waals surface area contributed by atoms with Crippen molar-refractivity contribution in [1.82, 2.24) is 25.0 Å². The Morgan fingerprint density at radius 2 is 2.25 bits per heavy atom. The summed E-state index contributed by atoms with van der Waals surface area (Å²) in [6, 6.07) is 0. The molecule has 2 heterocycles. The van der Waals surface area contributed by atoms with Gasteiger partial charge < -0.3 is 4.57 Å². The first-order valence-electron chi connectivity index (χ1n) is 3.44. The summed E-state index contributed by atoms with van der Waals surface area (Å²) in [4.78, 5) is 15.1. The molecule has 0 atom stereocenters. The summed E-state index contributed by atoms with van der Waals surface area (Å²) in [7, 11) is 1.79. The van der Waals surface area contributed by atoms with Crippen LogP contribution in [0, 0.1) is 6.92 Å². The van der Waals surface area contributed by atoms with Gasteiger partial charge >= 0.3 is 0 Å². The molecule has 62 valence electrons. The monoisotopic (exact) mass is 165 g/mol. The molecule has 0 aliphatic rings. The van der Waals surface area contributed by atoms with Crippen molar-refractivity contribution in [3.05, 3.63) is 16.2 Å². The van der Waals surface area contributed by atoms with Gasteiger partial charge in [0.2, 0.25) is 0 Å². The van der Waals surface area contributed by atoms with Gasteiger partial charge in [-0.3, -0.25) is 4.79 Å². The predicted octanol–water partition coefficient (Wildman–Crippen LogP) is -0.640. The van der Waals surface area contributed by atoms with Gasteiger partial charge in [-0.05, 0) is 6.92 Å². The fraction of sp³-hybridized carbons (Fsp3) is 0.333. The molecular formula is C6H7N5O. The topological polar surface area (TPSA) is 76.5 Å². The molecule has 0 spiro atoms. The van der Waals surface area contributed by atoms with Crippen LogP contribution in [0.2, 0.25) is 0 Å². The highest BCUT2D eigenvalue weighted by atomic mass is 16.1. The third-order valence-corrected chi connectivity index (χ3v) is 1.80. The fourth-order valence-electron chi connectivity index (χ4n) is 1.04. The van der Waals surface area contributed by atoms with E-state index in [1.54, 1.807) is 18.5 Å². The number of aryl methyl sites for hydroxylation is 2. The smallest absolute Gasteiger partial charge is 0.295 e. The summed E-state index contributed by atoms with van der Waals surface area (Å²) in [6.07, 6.45) is 0. The summed E-state index contributed by atoms with van der Waals surface area (Å²) < 4.78 is 1.72. The second-order valence-electron chi connectivity index (χ2n) is 2.53. The molecule has 2 aromatic heterocycles. The maximum absolute atomic E-state index is 11.1. The predicted molar refractivity (Wildman–Crippen MR) is 41.7 cm³/mol. The van der Waals surface area contributed by atoms with Gasteiger partial charge in [-0.1, -0.05) is 5.21 Å². The van der Waals surface area contributed by atoms with Crippen molar-refractivity contribution in [1.29, 1.82) is 0 Å². The van der Waals surface area contributed by atoms with Gasteiger partial charge in [0.25, 0.3) is 5.56 Å². The standard InChI is InChI=1S/C6H7N5O/c1-3-7-4-5(11(3)2)8-10-9-6(4)12/h1-2H3,(H,8,9,12). The van der Waals surface area contributed by atoms with Crippen molar-refractivity contribution in [2.75, 3.05) is 0 Å². The van der Waals surface area contributed by atoms with Crippen LogP contribution in [0.15, 0.2) is 4.79 Å². The van der Waals surface area contributed by atoms with E-state index >= 15 is 0 Å². The van der Waals surface area contributed by atoms with Gasteiger partial charge in [0.1, 0.15) is 5.82 Å². The van der Waals surface area contributed by atoms with Crippen LogP contribution >= 0.6 is 0 Å². The van der Waals surface area contributed by atoms with Crippen LogP contribution in [0.1, 0.15) is 5.82 Å². The molecule has 2 aromatic rings. The minimum absolute atomic E-state index is 0.302. The molecule has 0 aliphatic heterocycles. The molecule has 0 unspecified atom stereocenters. The third kappa shape index (κ3) is 0.744. The third-order valence-electron chi connectivity index (χ3n) is 1.80. The Hall–Kier alpha value is -1.72. The highest BCUT2D eigenvalue weighted by Gasteiger charge is 2.07. The van der Waals surface area contributed by atoms with Gasteiger partial charge in [0.15, 0.2) is 11.2 Å². The number of nitrogens with zero attached hydrogens (tertiary/aromatic N) is 4. The van der Waals surface area contributed by atoms with Gasteiger partial charge in [0, 0.05) is 7.05 Å². The number of aromatic nitrogens is 5. The molecule has 0 saturated carbocycles. The summed E-state index contributed by atoms with van der Waals surface area (Å²) in [5.41, 5.74) is 0.546. The van der Waals surface area contributed by atoms with Gasteiger partial charge in [-0.15, -0.1) is 5.10 Å². The summed E-state index contributed by atoms with van der Waals surface area (Å²) in [6.45, 7) is 1.81. The molecule has 0 fully saturated rings. The molecule has 0 radical (unpaired) electrons. The molecule has 1 N–H and O–H groups in total. The summed E-state index contributed by atoms with van der Waals surface area (Å²) in [5.74, 6) is 0.746. The average molecular weight is 165 g/mol. The number of hydrogen-bond acceptors (Lipinski definition) is 4. The number of imidazole rings is 1. The van der Waals surface area contributed by atoms with E-state index in [0.29, 0.717) is 11.2 Å². The highest BCUT2D eigenvalue weighted by Crippen LogP contribution is 2.04. The van der Waals surface area contributed by atoms with E-state index in [2.05, 4.69) is 20.4 Å². The van der Waals surface area contributed by atoms with E-state index < -0.39 is 0 Å². The zero-order valence-electron chi connectivity index (χ0n) is 6.70. The van der Waals surface area contributed by atoms with Crippen LogP contribution in [0.5, 0.6) is 0 Å². The van der Waals surface area contributed by atoms with E-state index in [9.17, 15) is 4.79 Å². The maximum Gasteiger partial charge on any atom is 0.295 e. The molecule has 0 bridgehead atoms. The van der Waals surface area contributed by atoms with Crippen LogP contribution in [-0.4, -0.2) is 25.0 Å². The molecule has 2 rings (SSSR count). The first-order valence-corrected chi connectivity index (χ1v) is 3.44. The van der Waals surface area contributed by atoms with E-state index in [4.69, 9.17) is 0 Å².